The van der Waals surface area contributed by atoms with E-state index < -0.39 is 5.91 Å². The number of nitrogens with two attached hydrogens (primary N) is 1. The van der Waals surface area contributed by atoms with Crippen LogP contribution >= 0.6 is 0 Å². The number of ether oxygens (including phenoxy) is 2. The number of hydrogen-bond donors (Lipinski definition) is 3. The van der Waals surface area contributed by atoms with E-state index in [1.54, 1.807) is 32.4 Å². The van der Waals surface area contributed by atoms with E-state index in [4.69, 9.17) is 15.2 Å². The van der Waals surface area contributed by atoms with Crippen molar-refractivity contribution in [2.45, 2.75) is 0 Å². The summed E-state index contributed by atoms with van der Waals surface area (Å²) in [5, 5.41) is 6.16. The quantitative estimate of drug-likeness (QED) is 0.590. The van der Waals surface area contributed by atoms with Crippen molar-refractivity contribution >= 4 is 29.0 Å². The molecule has 8 nitrogen and oxygen atoms in total. The molecule has 0 radical (unpaired) electrons. The fourth-order valence-corrected chi connectivity index (χ4v) is 2.40. The van der Waals surface area contributed by atoms with Crippen molar-refractivity contribution in [1.29, 1.82) is 0 Å². The fourth-order valence-electron chi connectivity index (χ4n) is 2.40. The molecule has 0 unspecified atom stereocenters. The highest BCUT2D eigenvalue weighted by atomic mass is 16.5. The van der Waals surface area contributed by atoms with Gasteiger partial charge in [0.25, 0.3) is 5.91 Å². The number of nitrogens with zero attached hydrogens (tertiary/aromatic N) is 2. The van der Waals surface area contributed by atoms with E-state index >= 15 is 0 Å². The second kappa shape index (κ2) is 8.05. The Balaban J connectivity index is 1.93. The van der Waals surface area contributed by atoms with Crippen LogP contribution in [0, 0.1) is 0 Å². The zero-order valence-corrected chi connectivity index (χ0v) is 14.9. The van der Waals surface area contributed by atoms with Crippen molar-refractivity contribution in [2.75, 3.05) is 24.9 Å². The number of primary amides is 1. The molecule has 0 aliphatic heterocycles. The van der Waals surface area contributed by atoms with Crippen LogP contribution in [0.4, 0.5) is 23.1 Å². The Morgan fingerprint density at radius 1 is 1.04 bits per heavy atom. The van der Waals surface area contributed by atoms with Gasteiger partial charge in [-0.1, -0.05) is 18.2 Å². The van der Waals surface area contributed by atoms with Crippen LogP contribution in [0.5, 0.6) is 11.5 Å². The normalized spacial score (nSPS) is 10.1. The standard InChI is InChI=1S/C19H19N5O3/c1-26-13-8-9-15(16(10-13)27-2)23-19-21-11-14(17(20)25)18(24-19)22-12-6-4-3-5-7-12/h3-11H,1-2H3,(H2,20,25)(H2,21,22,23,24). The molecule has 0 spiro atoms. The highest BCUT2D eigenvalue weighted by Gasteiger charge is 2.14. The van der Waals surface area contributed by atoms with Crippen molar-refractivity contribution in [2.24, 2.45) is 5.73 Å². The number of benzene rings is 2. The smallest absolute Gasteiger partial charge is 0.254 e. The van der Waals surface area contributed by atoms with Gasteiger partial charge < -0.3 is 25.8 Å². The molecule has 8 heteroatoms. The fraction of sp³-hybridized carbons (Fsp3) is 0.105. The maximum atomic E-state index is 11.7. The molecule has 3 rings (SSSR count). The molecule has 0 bridgehead atoms. The Morgan fingerprint density at radius 2 is 1.81 bits per heavy atom. The van der Waals surface area contributed by atoms with Gasteiger partial charge in [0, 0.05) is 18.0 Å². The van der Waals surface area contributed by atoms with Crippen LogP contribution < -0.4 is 25.8 Å². The minimum absolute atomic E-state index is 0.186. The lowest BCUT2D eigenvalue weighted by molar-refractivity contribution is 0.100. The molecule has 0 fully saturated rings. The summed E-state index contributed by atoms with van der Waals surface area (Å²) in [7, 11) is 3.13. The second-order valence-electron chi connectivity index (χ2n) is 5.50. The maximum absolute atomic E-state index is 11.7. The zero-order chi connectivity index (χ0) is 19.2. The summed E-state index contributed by atoms with van der Waals surface area (Å²) in [5.41, 5.74) is 7.04. The first-order valence-corrected chi connectivity index (χ1v) is 8.08. The third kappa shape index (κ3) is 4.24. The van der Waals surface area contributed by atoms with Crippen LogP contribution in [0.2, 0.25) is 0 Å². The van der Waals surface area contributed by atoms with Gasteiger partial charge in [0.2, 0.25) is 5.95 Å². The third-order valence-electron chi connectivity index (χ3n) is 3.75. The molecule has 1 aromatic heterocycles. The van der Waals surface area contributed by atoms with Crippen LogP contribution in [0.1, 0.15) is 10.4 Å². The summed E-state index contributed by atoms with van der Waals surface area (Å²) in [5.74, 6) is 1.19. The molecule has 3 aromatic rings. The molecule has 1 heterocycles. The first-order valence-electron chi connectivity index (χ1n) is 8.08. The van der Waals surface area contributed by atoms with E-state index in [0.29, 0.717) is 23.0 Å². The Kier molecular flexibility index (Phi) is 5.36. The second-order valence-corrected chi connectivity index (χ2v) is 5.50. The third-order valence-corrected chi connectivity index (χ3v) is 3.75. The molecule has 0 saturated heterocycles. The molecule has 27 heavy (non-hydrogen) atoms. The number of amides is 1. The predicted octanol–water partition coefficient (Wildman–Crippen LogP) is 3.08. The Hall–Kier alpha value is -3.81. The van der Waals surface area contributed by atoms with Gasteiger partial charge in [-0.2, -0.15) is 4.98 Å². The molecule has 1 amide bonds. The van der Waals surface area contributed by atoms with E-state index in [2.05, 4.69) is 20.6 Å². The van der Waals surface area contributed by atoms with E-state index in [1.165, 1.54) is 6.20 Å². The predicted molar refractivity (Wildman–Crippen MR) is 103 cm³/mol. The van der Waals surface area contributed by atoms with E-state index in [-0.39, 0.29) is 11.5 Å². The summed E-state index contributed by atoms with van der Waals surface area (Å²) in [6.07, 6.45) is 1.37. The zero-order valence-electron chi connectivity index (χ0n) is 14.9. The Bertz CT molecular complexity index is 947. The number of rotatable bonds is 7. The summed E-state index contributed by atoms with van der Waals surface area (Å²) < 4.78 is 10.5. The number of anilines is 4. The number of carbonyl (C=O) groups excluding carboxylic acids is 1. The molecule has 2 aromatic carbocycles. The molecule has 0 aliphatic carbocycles. The number of methoxy groups -OCH3 is 2. The van der Waals surface area contributed by atoms with Crippen molar-refractivity contribution in [3.05, 3.63) is 60.3 Å². The highest BCUT2D eigenvalue weighted by Crippen LogP contribution is 2.31. The maximum Gasteiger partial charge on any atom is 0.254 e. The van der Waals surface area contributed by atoms with E-state index in [0.717, 1.165) is 5.69 Å². The first kappa shape index (κ1) is 18.0. The van der Waals surface area contributed by atoms with E-state index in [1.807, 2.05) is 30.3 Å². The number of aromatic nitrogens is 2. The monoisotopic (exact) mass is 365 g/mol. The number of carbonyl (C=O) groups is 1. The van der Waals surface area contributed by atoms with Crippen molar-refractivity contribution in [1.82, 2.24) is 9.97 Å². The van der Waals surface area contributed by atoms with Gasteiger partial charge in [-0.05, 0) is 24.3 Å². The van der Waals surface area contributed by atoms with Crippen molar-refractivity contribution in [3.63, 3.8) is 0 Å². The average Bonchev–Trinajstić information content (AvgIpc) is 2.69. The van der Waals surface area contributed by atoms with E-state index in [9.17, 15) is 4.79 Å². The topological polar surface area (TPSA) is 111 Å². The SMILES string of the molecule is COc1ccc(Nc2ncc(C(N)=O)c(Nc3ccccc3)n2)c(OC)c1. The molecule has 138 valence electrons. The highest BCUT2D eigenvalue weighted by molar-refractivity contribution is 5.98. The summed E-state index contributed by atoms with van der Waals surface area (Å²) >= 11 is 0. The lowest BCUT2D eigenvalue weighted by atomic mass is 10.2. The van der Waals surface area contributed by atoms with Crippen molar-refractivity contribution in [3.8, 4) is 11.5 Å². The number of para-hydroxylation sites is 1. The van der Waals surface area contributed by atoms with Crippen LogP contribution in [0.3, 0.4) is 0 Å². The van der Waals surface area contributed by atoms with Crippen molar-refractivity contribution < 1.29 is 14.3 Å². The van der Waals surface area contributed by atoms with Gasteiger partial charge >= 0.3 is 0 Å². The largest absolute Gasteiger partial charge is 0.497 e. The van der Waals surface area contributed by atoms with Crippen LogP contribution in [-0.4, -0.2) is 30.1 Å². The van der Waals surface area contributed by atoms with Gasteiger partial charge in [-0.15, -0.1) is 0 Å². The minimum Gasteiger partial charge on any atom is -0.497 e. The van der Waals surface area contributed by atoms with Gasteiger partial charge in [0.05, 0.1) is 19.9 Å². The molecule has 0 atom stereocenters. The number of nitrogens with one attached hydrogen (secondary N) is 2. The van der Waals surface area contributed by atoms with Crippen LogP contribution in [0.25, 0.3) is 0 Å². The molecule has 0 aliphatic rings. The van der Waals surface area contributed by atoms with Crippen LogP contribution in [-0.2, 0) is 0 Å². The molecular weight excluding hydrogens is 346 g/mol. The van der Waals surface area contributed by atoms with Gasteiger partial charge in [0.15, 0.2) is 0 Å². The Labute approximate surface area is 156 Å². The minimum atomic E-state index is -0.623. The lowest BCUT2D eigenvalue weighted by Crippen LogP contribution is -2.15. The van der Waals surface area contributed by atoms with Gasteiger partial charge in [0.1, 0.15) is 22.9 Å². The lowest BCUT2D eigenvalue weighted by Gasteiger charge is -2.13. The Morgan fingerprint density at radius 3 is 2.48 bits per heavy atom. The van der Waals surface area contributed by atoms with Gasteiger partial charge in [-0.3, -0.25) is 4.79 Å². The summed E-state index contributed by atoms with van der Waals surface area (Å²) in [4.78, 5) is 20.2. The number of hydrogen-bond acceptors (Lipinski definition) is 7. The summed E-state index contributed by atoms with van der Waals surface area (Å²) in [6, 6.07) is 14.6. The molecule has 0 saturated carbocycles. The first-order chi connectivity index (χ1) is 13.1. The van der Waals surface area contributed by atoms with Crippen LogP contribution in [0.15, 0.2) is 54.7 Å². The summed E-state index contributed by atoms with van der Waals surface area (Å²) in [6.45, 7) is 0. The van der Waals surface area contributed by atoms with Gasteiger partial charge in [-0.25, -0.2) is 4.98 Å². The molecule has 4 N–H and O–H groups in total. The average molecular weight is 365 g/mol. The molecular formula is C19H19N5O3.